The molecule has 0 saturated heterocycles. The number of nitrogens with one attached hydrogen (secondary N) is 1. The zero-order chi connectivity index (χ0) is 21.8. The number of aryl methyl sites for hydroxylation is 1. The standard InChI is InChI=1S/C20H30N4O4S/c1-20(2,13-23(3)4)14-24-17-8-6-15(7-9-19(25)22-26)12-16(17)21-18(24)10-11-29(5,27)28/h6-9,12,26H,10-11,13-14H2,1-5H3,(H,22,25)/b9-7+. The summed E-state index contributed by atoms with van der Waals surface area (Å²) in [7, 11) is 0.945. The van der Waals surface area contributed by atoms with Gasteiger partial charge in [-0.3, -0.25) is 10.0 Å². The molecule has 2 N–H and O–H groups in total. The van der Waals surface area contributed by atoms with E-state index in [-0.39, 0.29) is 11.2 Å². The number of aromatic nitrogens is 2. The SMILES string of the molecule is CN(C)CC(C)(C)Cn1c(CCS(C)(=O)=O)nc2cc(/C=C/C(=O)NO)ccc21. The number of carbonyl (C=O) groups excluding carboxylic acids is 1. The maximum absolute atomic E-state index is 11.7. The van der Waals surface area contributed by atoms with Crippen LogP contribution in [-0.2, 0) is 27.6 Å². The molecule has 1 aromatic carbocycles. The van der Waals surface area contributed by atoms with Gasteiger partial charge in [0, 0.05) is 31.8 Å². The van der Waals surface area contributed by atoms with Gasteiger partial charge in [0.15, 0.2) is 0 Å². The zero-order valence-electron chi connectivity index (χ0n) is 17.6. The summed E-state index contributed by atoms with van der Waals surface area (Å²) in [6.45, 7) is 5.91. The molecular formula is C20H30N4O4S. The lowest BCUT2D eigenvalue weighted by atomic mass is 9.92. The molecule has 2 rings (SSSR count). The molecule has 0 aliphatic heterocycles. The molecule has 160 valence electrons. The highest BCUT2D eigenvalue weighted by molar-refractivity contribution is 7.90. The van der Waals surface area contributed by atoms with Gasteiger partial charge in [-0.1, -0.05) is 19.9 Å². The first-order valence-corrected chi connectivity index (χ1v) is 11.4. The average Bonchev–Trinajstić information content (AvgIpc) is 2.92. The second-order valence-electron chi connectivity index (χ2n) is 8.45. The number of hydroxylamine groups is 1. The van der Waals surface area contributed by atoms with Gasteiger partial charge in [-0.25, -0.2) is 18.9 Å². The molecule has 2 aromatic rings. The summed E-state index contributed by atoms with van der Waals surface area (Å²) in [5.74, 6) is 0.148. The lowest BCUT2D eigenvalue weighted by molar-refractivity contribution is -0.124. The molecular weight excluding hydrogens is 392 g/mol. The van der Waals surface area contributed by atoms with Crippen molar-refractivity contribution in [3.8, 4) is 0 Å². The Morgan fingerprint density at radius 1 is 1.34 bits per heavy atom. The Hall–Kier alpha value is -2.23. The van der Waals surface area contributed by atoms with Crippen LogP contribution in [0, 0.1) is 5.41 Å². The number of carbonyl (C=O) groups is 1. The van der Waals surface area contributed by atoms with Gasteiger partial charge in [-0.15, -0.1) is 0 Å². The molecule has 1 aromatic heterocycles. The summed E-state index contributed by atoms with van der Waals surface area (Å²) in [6.07, 6.45) is 4.37. The highest BCUT2D eigenvalue weighted by Gasteiger charge is 2.23. The Labute approximate surface area is 172 Å². The van der Waals surface area contributed by atoms with E-state index in [1.54, 1.807) is 11.6 Å². The highest BCUT2D eigenvalue weighted by Crippen LogP contribution is 2.26. The summed E-state index contributed by atoms with van der Waals surface area (Å²) in [5, 5.41) is 8.60. The van der Waals surface area contributed by atoms with Gasteiger partial charge >= 0.3 is 0 Å². The Bertz CT molecular complexity index is 1010. The Morgan fingerprint density at radius 2 is 2.03 bits per heavy atom. The van der Waals surface area contributed by atoms with Gasteiger partial charge in [0.05, 0.1) is 16.8 Å². The third kappa shape index (κ3) is 6.95. The number of amides is 1. The first kappa shape index (κ1) is 23.1. The van der Waals surface area contributed by atoms with Crippen LogP contribution in [-0.4, -0.2) is 66.6 Å². The number of fused-ring (bicyclic) bond motifs is 1. The van der Waals surface area contributed by atoms with Crippen molar-refractivity contribution in [3.05, 3.63) is 35.7 Å². The molecule has 0 aliphatic carbocycles. The van der Waals surface area contributed by atoms with Gasteiger partial charge in [0.2, 0.25) is 0 Å². The molecule has 8 nitrogen and oxygen atoms in total. The van der Waals surface area contributed by atoms with Gasteiger partial charge in [-0.2, -0.15) is 0 Å². The van der Waals surface area contributed by atoms with Gasteiger partial charge in [-0.05, 0) is 43.3 Å². The minimum absolute atomic E-state index is 0.0356. The molecule has 29 heavy (non-hydrogen) atoms. The molecule has 1 amide bonds. The predicted octanol–water partition coefficient (Wildman–Crippen LogP) is 1.73. The molecule has 9 heteroatoms. The maximum atomic E-state index is 11.7. The smallest absolute Gasteiger partial charge is 0.267 e. The van der Waals surface area contributed by atoms with E-state index >= 15 is 0 Å². The molecule has 0 atom stereocenters. The second kappa shape index (κ2) is 9.06. The number of rotatable bonds is 9. The van der Waals surface area contributed by atoms with E-state index in [4.69, 9.17) is 5.21 Å². The fourth-order valence-electron chi connectivity index (χ4n) is 3.49. The van der Waals surface area contributed by atoms with E-state index in [0.717, 1.165) is 29.0 Å². The quantitative estimate of drug-likeness (QED) is 0.362. The summed E-state index contributed by atoms with van der Waals surface area (Å²) < 4.78 is 25.5. The number of imidazole rings is 1. The number of benzene rings is 1. The van der Waals surface area contributed by atoms with Gasteiger partial charge < -0.3 is 9.47 Å². The van der Waals surface area contributed by atoms with E-state index in [1.807, 2.05) is 32.3 Å². The summed E-state index contributed by atoms with van der Waals surface area (Å²) in [6, 6.07) is 5.63. The van der Waals surface area contributed by atoms with Crippen LogP contribution in [0.2, 0.25) is 0 Å². The van der Waals surface area contributed by atoms with Crippen molar-refractivity contribution in [3.63, 3.8) is 0 Å². The number of hydrogen-bond donors (Lipinski definition) is 2. The monoisotopic (exact) mass is 422 g/mol. The molecule has 0 spiro atoms. The van der Waals surface area contributed by atoms with Crippen LogP contribution < -0.4 is 5.48 Å². The largest absolute Gasteiger partial charge is 0.327 e. The highest BCUT2D eigenvalue weighted by atomic mass is 32.2. The van der Waals surface area contributed by atoms with Crippen molar-refractivity contribution in [2.24, 2.45) is 5.41 Å². The molecule has 0 aliphatic rings. The lowest BCUT2D eigenvalue weighted by Crippen LogP contribution is -2.33. The van der Waals surface area contributed by atoms with E-state index in [2.05, 4.69) is 28.3 Å². The van der Waals surface area contributed by atoms with Gasteiger partial charge in [0.1, 0.15) is 15.7 Å². The van der Waals surface area contributed by atoms with Crippen molar-refractivity contribution in [1.29, 1.82) is 0 Å². The molecule has 0 fully saturated rings. The fourth-order valence-corrected chi connectivity index (χ4v) is 4.04. The molecule has 0 bridgehead atoms. The van der Waals surface area contributed by atoms with Crippen molar-refractivity contribution in [1.82, 2.24) is 19.9 Å². The van der Waals surface area contributed by atoms with Crippen LogP contribution in [0.15, 0.2) is 24.3 Å². The summed E-state index contributed by atoms with van der Waals surface area (Å²) in [5.41, 5.74) is 3.92. The van der Waals surface area contributed by atoms with E-state index in [1.165, 1.54) is 12.3 Å². The van der Waals surface area contributed by atoms with Crippen molar-refractivity contribution in [2.45, 2.75) is 26.8 Å². The van der Waals surface area contributed by atoms with Crippen LogP contribution in [0.5, 0.6) is 0 Å². The fraction of sp³-hybridized carbons (Fsp3) is 0.500. The van der Waals surface area contributed by atoms with Crippen LogP contribution in [0.1, 0.15) is 25.2 Å². The zero-order valence-corrected chi connectivity index (χ0v) is 18.5. The summed E-state index contributed by atoms with van der Waals surface area (Å²) >= 11 is 0. The molecule has 0 saturated carbocycles. The van der Waals surface area contributed by atoms with Gasteiger partial charge in [0.25, 0.3) is 5.91 Å². The number of sulfone groups is 1. The van der Waals surface area contributed by atoms with Crippen LogP contribution >= 0.6 is 0 Å². The molecule has 0 unspecified atom stereocenters. The van der Waals surface area contributed by atoms with E-state index in [9.17, 15) is 13.2 Å². The Kier molecular flexibility index (Phi) is 7.20. The van der Waals surface area contributed by atoms with Crippen molar-refractivity contribution in [2.75, 3.05) is 32.6 Å². The number of hydrogen-bond acceptors (Lipinski definition) is 6. The predicted molar refractivity (Wildman–Crippen MR) is 114 cm³/mol. The van der Waals surface area contributed by atoms with Crippen LogP contribution in [0.4, 0.5) is 0 Å². The summed E-state index contributed by atoms with van der Waals surface area (Å²) in [4.78, 5) is 18.0. The molecule has 1 heterocycles. The third-order valence-electron chi connectivity index (χ3n) is 4.42. The van der Waals surface area contributed by atoms with E-state index < -0.39 is 15.7 Å². The van der Waals surface area contributed by atoms with Crippen LogP contribution in [0.25, 0.3) is 17.1 Å². The third-order valence-corrected chi connectivity index (χ3v) is 5.36. The average molecular weight is 423 g/mol. The maximum Gasteiger partial charge on any atom is 0.267 e. The van der Waals surface area contributed by atoms with Crippen molar-refractivity contribution < 1.29 is 18.4 Å². The molecule has 0 radical (unpaired) electrons. The normalized spacial score (nSPS) is 12.9. The van der Waals surface area contributed by atoms with E-state index in [0.29, 0.717) is 13.0 Å². The van der Waals surface area contributed by atoms with Crippen LogP contribution in [0.3, 0.4) is 0 Å². The minimum Gasteiger partial charge on any atom is -0.327 e. The first-order valence-electron chi connectivity index (χ1n) is 9.34. The Balaban J connectivity index is 2.46. The lowest BCUT2D eigenvalue weighted by Gasteiger charge is -2.29. The topological polar surface area (TPSA) is 105 Å². The Morgan fingerprint density at radius 3 is 2.62 bits per heavy atom. The van der Waals surface area contributed by atoms with Crippen molar-refractivity contribution >= 4 is 32.9 Å². The second-order valence-corrected chi connectivity index (χ2v) is 10.7. The minimum atomic E-state index is -3.11. The number of nitrogens with zero attached hydrogens (tertiary/aromatic N) is 3. The first-order chi connectivity index (χ1) is 13.4.